The molecule has 0 radical (unpaired) electrons. The van der Waals surface area contributed by atoms with Crippen LogP contribution in [0.5, 0.6) is 0 Å². The van der Waals surface area contributed by atoms with Gasteiger partial charge < -0.3 is 5.11 Å². The minimum atomic E-state index is -1.34. The molecule has 1 amide bonds. The summed E-state index contributed by atoms with van der Waals surface area (Å²) >= 11 is 0. The van der Waals surface area contributed by atoms with E-state index in [2.05, 4.69) is 10.1 Å². The van der Waals surface area contributed by atoms with Crippen LogP contribution in [0.3, 0.4) is 0 Å². The molecule has 96 valence electrons. The predicted molar refractivity (Wildman–Crippen MR) is 67.9 cm³/mol. The number of aromatic nitrogens is 1. The molecule has 0 aromatic carbocycles. The van der Waals surface area contributed by atoms with Gasteiger partial charge in [0, 0.05) is 18.1 Å². The molecule has 5 nitrogen and oxygen atoms in total. The van der Waals surface area contributed by atoms with E-state index in [4.69, 9.17) is 0 Å². The molecule has 0 unspecified atom stereocenters. The van der Waals surface area contributed by atoms with E-state index in [0.29, 0.717) is 5.56 Å². The molecule has 1 aromatic rings. The summed E-state index contributed by atoms with van der Waals surface area (Å²) in [6.45, 7) is 7.14. The second-order valence-corrected chi connectivity index (χ2v) is 5.19. The van der Waals surface area contributed by atoms with Crippen molar-refractivity contribution in [3.05, 3.63) is 30.1 Å². The molecular weight excluding hydrogens is 230 g/mol. The number of amides is 1. The molecular formula is C13H17N3O2. The Labute approximate surface area is 106 Å². The lowest BCUT2D eigenvalue weighted by molar-refractivity contribution is -0.110. The van der Waals surface area contributed by atoms with E-state index in [9.17, 15) is 9.90 Å². The van der Waals surface area contributed by atoms with Crippen molar-refractivity contribution in [1.82, 2.24) is 9.99 Å². The molecule has 0 saturated carbocycles. The van der Waals surface area contributed by atoms with E-state index in [0.717, 1.165) is 10.7 Å². The Morgan fingerprint density at radius 2 is 2.06 bits per heavy atom. The van der Waals surface area contributed by atoms with Gasteiger partial charge in [-0.2, -0.15) is 10.1 Å². The number of hydrogen-bond acceptors (Lipinski definition) is 4. The quantitative estimate of drug-likeness (QED) is 0.820. The first-order chi connectivity index (χ1) is 8.28. The lowest BCUT2D eigenvalue weighted by Gasteiger charge is -2.37. The van der Waals surface area contributed by atoms with Crippen molar-refractivity contribution in [2.24, 2.45) is 10.5 Å². The molecule has 1 aliphatic rings. The van der Waals surface area contributed by atoms with Gasteiger partial charge in [-0.1, -0.05) is 0 Å². The van der Waals surface area contributed by atoms with Crippen LogP contribution in [0, 0.1) is 5.41 Å². The van der Waals surface area contributed by atoms with E-state index in [1.165, 1.54) is 6.20 Å². The molecule has 1 aromatic heterocycles. The Balaban J connectivity index is 2.40. The highest BCUT2D eigenvalue weighted by Gasteiger charge is 2.53. The minimum Gasteiger partial charge on any atom is -0.368 e. The van der Waals surface area contributed by atoms with Crippen LogP contribution in [0.2, 0.25) is 0 Å². The molecule has 18 heavy (non-hydrogen) atoms. The van der Waals surface area contributed by atoms with Crippen LogP contribution in [0.15, 0.2) is 29.6 Å². The molecule has 0 aliphatic carbocycles. The normalized spacial score (nSPS) is 26.1. The first kappa shape index (κ1) is 12.7. The van der Waals surface area contributed by atoms with Gasteiger partial charge >= 0.3 is 0 Å². The van der Waals surface area contributed by atoms with Gasteiger partial charge in [-0.15, -0.1) is 0 Å². The maximum Gasteiger partial charge on any atom is 0.278 e. The molecule has 0 saturated heterocycles. The summed E-state index contributed by atoms with van der Waals surface area (Å²) in [7, 11) is 0. The average molecular weight is 247 g/mol. The zero-order chi connectivity index (χ0) is 13.6. The Bertz CT molecular complexity index is 506. The van der Waals surface area contributed by atoms with Crippen LogP contribution in [-0.2, 0) is 0 Å². The number of aliphatic hydroxyl groups is 1. The Morgan fingerprint density at radius 1 is 1.39 bits per heavy atom. The predicted octanol–water partition coefficient (Wildman–Crippen LogP) is 1.65. The average Bonchev–Trinajstić information content (AvgIpc) is 2.49. The van der Waals surface area contributed by atoms with Crippen molar-refractivity contribution in [2.75, 3.05) is 0 Å². The van der Waals surface area contributed by atoms with Gasteiger partial charge in [-0.25, -0.2) is 0 Å². The number of rotatable bonds is 1. The summed E-state index contributed by atoms with van der Waals surface area (Å²) in [5, 5.41) is 15.9. The number of pyridine rings is 1. The van der Waals surface area contributed by atoms with E-state index >= 15 is 0 Å². The van der Waals surface area contributed by atoms with Crippen LogP contribution in [0.1, 0.15) is 38.1 Å². The monoisotopic (exact) mass is 247 g/mol. The third-order valence-electron chi connectivity index (χ3n) is 3.85. The van der Waals surface area contributed by atoms with E-state index in [1.807, 2.05) is 20.8 Å². The maximum atomic E-state index is 12.3. The Kier molecular flexibility index (Phi) is 2.74. The Hall–Kier alpha value is -1.75. The van der Waals surface area contributed by atoms with Gasteiger partial charge in [0.2, 0.25) is 0 Å². The molecule has 2 rings (SSSR count). The second kappa shape index (κ2) is 3.88. The van der Waals surface area contributed by atoms with Crippen molar-refractivity contribution in [3.63, 3.8) is 0 Å². The van der Waals surface area contributed by atoms with Gasteiger partial charge in [0.1, 0.15) is 0 Å². The summed E-state index contributed by atoms with van der Waals surface area (Å²) in [6.07, 6.45) is 3.06. The van der Waals surface area contributed by atoms with Crippen LogP contribution in [0.4, 0.5) is 0 Å². The summed E-state index contributed by atoms with van der Waals surface area (Å²) in [5.74, 6) is -0.349. The highest BCUT2D eigenvalue weighted by Crippen LogP contribution is 2.41. The molecule has 2 heterocycles. The second-order valence-electron chi connectivity index (χ2n) is 5.19. The molecule has 1 aliphatic heterocycles. The van der Waals surface area contributed by atoms with Crippen molar-refractivity contribution < 1.29 is 9.90 Å². The lowest BCUT2D eigenvalue weighted by Crippen LogP contribution is -2.53. The fourth-order valence-electron chi connectivity index (χ4n) is 1.83. The van der Waals surface area contributed by atoms with Crippen LogP contribution < -0.4 is 0 Å². The first-order valence-electron chi connectivity index (χ1n) is 5.81. The van der Waals surface area contributed by atoms with Gasteiger partial charge in [0.15, 0.2) is 5.72 Å². The van der Waals surface area contributed by atoms with Gasteiger partial charge in [-0.05, 0) is 39.8 Å². The molecule has 1 atom stereocenters. The molecule has 0 spiro atoms. The number of carbonyl (C=O) groups excluding carboxylic acids is 1. The number of hydrazone groups is 1. The zero-order valence-corrected chi connectivity index (χ0v) is 11.0. The zero-order valence-electron chi connectivity index (χ0n) is 11.0. The fourth-order valence-corrected chi connectivity index (χ4v) is 1.83. The minimum absolute atomic E-state index is 0.349. The van der Waals surface area contributed by atoms with Crippen LogP contribution in [-0.4, -0.2) is 32.4 Å². The third kappa shape index (κ3) is 1.62. The third-order valence-corrected chi connectivity index (χ3v) is 3.85. The maximum absolute atomic E-state index is 12.3. The molecule has 1 N–H and O–H groups in total. The summed E-state index contributed by atoms with van der Waals surface area (Å²) in [5.41, 5.74) is -0.786. The van der Waals surface area contributed by atoms with Crippen molar-refractivity contribution in [2.45, 2.75) is 33.4 Å². The van der Waals surface area contributed by atoms with Gasteiger partial charge in [0.05, 0.1) is 11.0 Å². The summed E-state index contributed by atoms with van der Waals surface area (Å²) in [6, 6.07) is 3.33. The standard InChI is InChI=1S/C13H17N3O2/c1-9-12(2,3)13(4,18)16(15-9)11(17)10-6-5-7-14-8-10/h5-8,18H,1-4H3/t13-/m1/s1. The van der Waals surface area contributed by atoms with E-state index < -0.39 is 11.1 Å². The van der Waals surface area contributed by atoms with Crippen molar-refractivity contribution in [3.8, 4) is 0 Å². The molecule has 0 bridgehead atoms. The number of hydrogen-bond donors (Lipinski definition) is 1. The van der Waals surface area contributed by atoms with Crippen LogP contribution >= 0.6 is 0 Å². The highest BCUT2D eigenvalue weighted by molar-refractivity contribution is 5.99. The SMILES string of the molecule is CC1=NN(C(=O)c2cccnc2)[C@](C)(O)C1(C)C. The Morgan fingerprint density at radius 3 is 2.50 bits per heavy atom. The van der Waals surface area contributed by atoms with E-state index in [-0.39, 0.29) is 5.91 Å². The first-order valence-corrected chi connectivity index (χ1v) is 5.81. The summed E-state index contributed by atoms with van der Waals surface area (Å²) in [4.78, 5) is 16.2. The number of carbonyl (C=O) groups is 1. The summed E-state index contributed by atoms with van der Waals surface area (Å²) < 4.78 is 0. The topological polar surface area (TPSA) is 65.8 Å². The number of nitrogens with zero attached hydrogens (tertiary/aromatic N) is 3. The largest absolute Gasteiger partial charge is 0.368 e. The highest BCUT2D eigenvalue weighted by atomic mass is 16.3. The van der Waals surface area contributed by atoms with Gasteiger partial charge in [-0.3, -0.25) is 9.78 Å². The molecule has 0 fully saturated rings. The van der Waals surface area contributed by atoms with Crippen molar-refractivity contribution >= 4 is 11.6 Å². The van der Waals surface area contributed by atoms with Gasteiger partial charge in [0.25, 0.3) is 5.91 Å². The van der Waals surface area contributed by atoms with Crippen molar-refractivity contribution in [1.29, 1.82) is 0 Å². The van der Waals surface area contributed by atoms with Crippen LogP contribution in [0.25, 0.3) is 0 Å². The fraction of sp³-hybridized carbons (Fsp3) is 0.462. The lowest BCUT2D eigenvalue weighted by atomic mass is 9.79. The van der Waals surface area contributed by atoms with E-state index in [1.54, 1.807) is 25.3 Å². The smallest absolute Gasteiger partial charge is 0.278 e. The molecule has 5 heteroatoms.